The number of halogens is 4. The van der Waals surface area contributed by atoms with Gasteiger partial charge in [0, 0.05) is 17.8 Å². The maximum atomic E-state index is 13.2. The average Bonchev–Trinajstić information content (AvgIpc) is 3.12. The number of benzene rings is 2. The summed E-state index contributed by atoms with van der Waals surface area (Å²) < 4.78 is 77.9. The van der Waals surface area contributed by atoms with Gasteiger partial charge in [-0.2, -0.15) is 18.3 Å². The fourth-order valence-corrected chi connectivity index (χ4v) is 4.60. The first kappa shape index (κ1) is 24.9. The third-order valence-corrected chi connectivity index (χ3v) is 6.43. The Labute approximate surface area is 190 Å². The lowest BCUT2D eigenvalue weighted by Gasteiger charge is -2.23. The van der Waals surface area contributed by atoms with Crippen molar-refractivity contribution in [3.63, 3.8) is 0 Å². The van der Waals surface area contributed by atoms with Gasteiger partial charge in [-0.15, -0.1) is 0 Å². The van der Waals surface area contributed by atoms with E-state index in [1.165, 1.54) is 12.1 Å². The molecule has 1 atom stereocenters. The standard InChI is InChI=1S/C23H25F4N3O2S/c1-15(2)10-21(16(3)12-29-33(31,32)14-23(25,26)27)17-4-9-22-18(11-17)13-28-30(22)20-7-5-19(24)6-8-20/h4-9,11,13,15,21,29H,3,10,12,14H2,1-2H3. The summed E-state index contributed by atoms with van der Waals surface area (Å²) in [7, 11) is -4.52. The van der Waals surface area contributed by atoms with E-state index in [4.69, 9.17) is 0 Å². The summed E-state index contributed by atoms with van der Waals surface area (Å²) in [5, 5.41) is 5.19. The molecule has 1 N–H and O–H groups in total. The second-order valence-electron chi connectivity index (χ2n) is 8.39. The number of nitrogens with zero attached hydrogens (tertiary/aromatic N) is 2. The first-order chi connectivity index (χ1) is 15.3. The Bertz CT molecular complexity index is 1230. The molecule has 0 fully saturated rings. The van der Waals surface area contributed by atoms with Crippen molar-refractivity contribution in [2.75, 3.05) is 12.3 Å². The normalized spacial score (nSPS) is 13.5. The lowest BCUT2D eigenvalue weighted by molar-refractivity contribution is -0.106. The molecule has 0 aliphatic rings. The molecule has 0 aliphatic carbocycles. The smallest absolute Gasteiger partial charge is 0.233 e. The highest BCUT2D eigenvalue weighted by atomic mass is 32.2. The SMILES string of the molecule is C=C(CNS(=O)(=O)CC(F)(F)F)C(CC(C)C)c1ccc2c(cnn2-c2ccc(F)cc2)c1. The van der Waals surface area contributed by atoms with Crippen molar-refractivity contribution in [1.29, 1.82) is 0 Å². The Kier molecular flexibility index (Phi) is 7.28. The molecule has 0 saturated carbocycles. The molecule has 0 bridgehead atoms. The molecule has 33 heavy (non-hydrogen) atoms. The molecule has 0 spiro atoms. The Balaban J connectivity index is 1.85. The van der Waals surface area contributed by atoms with Crippen LogP contribution in [0.5, 0.6) is 0 Å². The van der Waals surface area contributed by atoms with E-state index in [9.17, 15) is 26.0 Å². The van der Waals surface area contributed by atoms with Crippen LogP contribution in [-0.2, 0) is 10.0 Å². The van der Waals surface area contributed by atoms with Gasteiger partial charge in [0.05, 0.1) is 17.4 Å². The van der Waals surface area contributed by atoms with Crippen LogP contribution in [0.2, 0.25) is 0 Å². The molecular weight excluding hydrogens is 458 g/mol. The maximum Gasteiger partial charge on any atom is 0.404 e. The van der Waals surface area contributed by atoms with Gasteiger partial charge in [0.15, 0.2) is 5.75 Å². The molecule has 1 unspecified atom stereocenters. The van der Waals surface area contributed by atoms with Crippen molar-refractivity contribution >= 4 is 20.9 Å². The third-order valence-electron chi connectivity index (χ3n) is 5.14. The highest BCUT2D eigenvalue weighted by Gasteiger charge is 2.35. The zero-order chi connectivity index (χ0) is 24.4. The molecule has 1 heterocycles. The van der Waals surface area contributed by atoms with Crippen molar-refractivity contribution < 1.29 is 26.0 Å². The largest absolute Gasteiger partial charge is 0.404 e. The van der Waals surface area contributed by atoms with Crippen molar-refractivity contribution in [1.82, 2.24) is 14.5 Å². The van der Waals surface area contributed by atoms with Gasteiger partial charge in [-0.05, 0) is 54.3 Å². The summed E-state index contributed by atoms with van der Waals surface area (Å²) >= 11 is 0. The van der Waals surface area contributed by atoms with E-state index in [-0.39, 0.29) is 24.2 Å². The van der Waals surface area contributed by atoms with Crippen LogP contribution in [-0.4, -0.2) is 36.7 Å². The predicted molar refractivity (Wildman–Crippen MR) is 120 cm³/mol. The zero-order valence-electron chi connectivity index (χ0n) is 18.2. The lowest BCUT2D eigenvalue weighted by atomic mass is 9.84. The molecule has 0 radical (unpaired) electrons. The van der Waals surface area contributed by atoms with Gasteiger partial charge in [0.2, 0.25) is 10.0 Å². The van der Waals surface area contributed by atoms with Gasteiger partial charge in [-0.3, -0.25) is 0 Å². The molecule has 1 aromatic heterocycles. The first-order valence-corrected chi connectivity index (χ1v) is 12.0. The number of sulfonamides is 1. The van der Waals surface area contributed by atoms with Crippen LogP contribution in [0.1, 0.15) is 31.7 Å². The number of alkyl halides is 3. The molecule has 10 heteroatoms. The minimum absolute atomic E-state index is 0.233. The summed E-state index contributed by atoms with van der Waals surface area (Å²) in [5.41, 5.74) is 2.82. The van der Waals surface area contributed by atoms with E-state index in [1.54, 1.807) is 23.0 Å². The fourth-order valence-electron chi connectivity index (χ4n) is 3.66. The van der Waals surface area contributed by atoms with Gasteiger partial charge < -0.3 is 0 Å². The van der Waals surface area contributed by atoms with Gasteiger partial charge >= 0.3 is 6.18 Å². The van der Waals surface area contributed by atoms with Crippen LogP contribution >= 0.6 is 0 Å². The molecule has 178 valence electrons. The Hall–Kier alpha value is -2.72. The highest BCUT2D eigenvalue weighted by molar-refractivity contribution is 7.89. The van der Waals surface area contributed by atoms with E-state index in [1.807, 2.05) is 36.8 Å². The molecular formula is C23H25F4N3O2S. The van der Waals surface area contributed by atoms with Crippen molar-refractivity contribution in [3.8, 4) is 5.69 Å². The van der Waals surface area contributed by atoms with Crippen LogP contribution < -0.4 is 4.72 Å². The zero-order valence-corrected chi connectivity index (χ0v) is 19.0. The minimum atomic E-state index is -4.82. The van der Waals surface area contributed by atoms with Crippen LogP contribution in [0.25, 0.3) is 16.6 Å². The quantitative estimate of drug-likeness (QED) is 0.330. The topological polar surface area (TPSA) is 64.0 Å². The summed E-state index contributed by atoms with van der Waals surface area (Å²) in [4.78, 5) is 0. The number of hydrogen-bond donors (Lipinski definition) is 1. The first-order valence-electron chi connectivity index (χ1n) is 10.3. The molecule has 0 amide bonds. The van der Waals surface area contributed by atoms with Gasteiger partial charge in [0.25, 0.3) is 0 Å². The van der Waals surface area contributed by atoms with E-state index in [0.717, 1.165) is 16.5 Å². The molecule has 0 saturated heterocycles. The number of aromatic nitrogens is 2. The summed E-state index contributed by atoms with van der Waals surface area (Å²) in [6.45, 7) is 7.67. The van der Waals surface area contributed by atoms with Crippen LogP contribution in [0.4, 0.5) is 17.6 Å². The Morgan fingerprint density at radius 2 is 1.82 bits per heavy atom. The second kappa shape index (κ2) is 9.64. The molecule has 3 rings (SSSR count). The van der Waals surface area contributed by atoms with Gasteiger partial charge in [0.1, 0.15) is 5.82 Å². The summed E-state index contributed by atoms with van der Waals surface area (Å²) in [5.74, 6) is -2.32. The average molecular weight is 484 g/mol. The molecule has 2 aromatic carbocycles. The van der Waals surface area contributed by atoms with E-state index >= 15 is 0 Å². The third kappa shape index (κ3) is 6.64. The molecule has 3 aromatic rings. The van der Waals surface area contributed by atoms with Crippen molar-refractivity contribution in [2.45, 2.75) is 32.4 Å². The predicted octanol–water partition coefficient (Wildman–Crippen LogP) is 5.33. The molecule has 0 aliphatic heterocycles. The van der Waals surface area contributed by atoms with Crippen molar-refractivity contribution in [2.24, 2.45) is 5.92 Å². The van der Waals surface area contributed by atoms with Crippen LogP contribution in [0, 0.1) is 11.7 Å². The minimum Gasteiger partial charge on any atom is -0.233 e. The Morgan fingerprint density at radius 1 is 1.15 bits per heavy atom. The number of nitrogens with one attached hydrogen (secondary N) is 1. The summed E-state index contributed by atoms with van der Waals surface area (Å²) in [6, 6.07) is 11.6. The fraction of sp³-hybridized carbons (Fsp3) is 0.348. The lowest BCUT2D eigenvalue weighted by Crippen LogP contribution is -2.35. The highest BCUT2D eigenvalue weighted by Crippen LogP contribution is 2.32. The van der Waals surface area contributed by atoms with Gasteiger partial charge in [-0.25, -0.2) is 22.2 Å². The van der Waals surface area contributed by atoms with E-state index < -0.39 is 22.0 Å². The van der Waals surface area contributed by atoms with Crippen LogP contribution in [0.3, 0.4) is 0 Å². The van der Waals surface area contributed by atoms with Gasteiger partial charge in [-0.1, -0.05) is 32.1 Å². The monoisotopic (exact) mass is 483 g/mol. The van der Waals surface area contributed by atoms with E-state index in [0.29, 0.717) is 17.7 Å². The maximum absolute atomic E-state index is 13.2. The summed E-state index contributed by atoms with van der Waals surface area (Å²) in [6.07, 6.45) is -2.51. The Morgan fingerprint density at radius 3 is 2.42 bits per heavy atom. The number of hydrogen-bond acceptors (Lipinski definition) is 3. The van der Waals surface area contributed by atoms with E-state index in [2.05, 4.69) is 11.7 Å². The molecule has 5 nitrogen and oxygen atoms in total. The number of rotatable bonds is 9. The second-order valence-corrected chi connectivity index (χ2v) is 10.2. The number of fused-ring (bicyclic) bond motifs is 1. The van der Waals surface area contributed by atoms with Crippen molar-refractivity contribution in [3.05, 3.63) is 72.2 Å². The van der Waals surface area contributed by atoms with Crippen LogP contribution in [0.15, 0.2) is 60.8 Å².